The summed E-state index contributed by atoms with van der Waals surface area (Å²) in [5, 5.41) is 11.6. The van der Waals surface area contributed by atoms with Crippen LogP contribution in [0.3, 0.4) is 0 Å². The van der Waals surface area contributed by atoms with Crippen LogP contribution in [0.25, 0.3) is 11.4 Å². The lowest BCUT2D eigenvalue weighted by atomic mass is 9.96. The van der Waals surface area contributed by atoms with Gasteiger partial charge in [0.25, 0.3) is 11.7 Å². The minimum atomic E-state index is -0.792. The van der Waals surface area contributed by atoms with Gasteiger partial charge in [0.15, 0.2) is 5.76 Å². The highest BCUT2D eigenvalue weighted by Gasteiger charge is 2.46. The van der Waals surface area contributed by atoms with Gasteiger partial charge in [-0.1, -0.05) is 36.4 Å². The number of benzene rings is 2. The Morgan fingerprint density at radius 2 is 1.74 bits per heavy atom. The van der Waals surface area contributed by atoms with Gasteiger partial charge in [0.2, 0.25) is 0 Å². The molecule has 1 aliphatic heterocycles. The summed E-state index contributed by atoms with van der Waals surface area (Å²) in [6.45, 7) is 4.63. The molecule has 2 aromatic heterocycles. The van der Waals surface area contributed by atoms with Crippen molar-refractivity contribution in [2.24, 2.45) is 0 Å². The van der Waals surface area contributed by atoms with Crippen LogP contribution in [-0.4, -0.2) is 63.2 Å². The van der Waals surface area contributed by atoms with E-state index in [1.54, 1.807) is 6.07 Å². The topological polar surface area (TPSA) is 87.4 Å². The van der Waals surface area contributed by atoms with Gasteiger partial charge in [-0.25, -0.2) is 4.98 Å². The van der Waals surface area contributed by atoms with Gasteiger partial charge in [-0.2, -0.15) is 0 Å². The van der Waals surface area contributed by atoms with Crippen LogP contribution < -0.4 is 4.74 Å². The second kappa shape index (κ2) is 10.1. The normalized spacial score (nSPS) is 17.1. The molecule has 3 heterocycles. The number of ether oxygens (including phenoxy) is 1. The number of aryl methyl sites for hydroxylation is 2. The van der Waals surface area contributed by atoms with Crippen LogP contribution in [0.1, 0.15) is 28.6 Å². The molecule has 0 saturated carbocycles. The quantitative estimate of drug-likeness (QED) is 0.220. The molecule has 1 amide bonds. The minimum absolute atomic E-state index is 0.0229. The van der Waals surface area contributed by atoms with Crippen molar-refractivity contribution in [2.75, 3.05) is 27.2 Å². The molecule has 5 rings (SSSR count). The molecule has 1 N–H and O–H groups in total. The van der Waals surface area contributed by atoms with Gasteiger partial charge in [0.05, 0.1) is 17.3 Å². The highest BCUT2D eigenvalue weighted by atomic mass is 16.5. The van der Waals surface area contributed by atoms with Crippen LogP contribution in [0.2, 0.25) is 0 Å². The van der Waals surface area contributed by atoms with Gasteiger partial charge in [-0.05, 0) is 69.4 Å². The molecule has 1 aliphatic rings. The zero-order valence-corrected chi connectivity index (χ0v) is 21.9. The molecular formula is C30H30N4O4. The third-order valence-electron chi connectivity index (χ3n) is 6.79. The summed E-state index contributed by atoms with van der Waals surface area (Å²) in [6.07, 6.45) is 1.86. The third kappa shape index (κ3) is 4.54. The van der Waals surface area contributed by atoms with Crippen LogP contribution >= 0.6 is 0 Å². The summed E-state index contributed by atoms with van der Waals surface area (Å²) in [6, 6.07) is 19.7. The summed E-state index contributed by atoms with van der Waals surface area (Å²) in [4.78, 5) is 34.9. The lowest BCUT2D eigenvalue weighted by molar-refractivity contribution is -0.140. The van der Waals surface area contributed by atoms with Gasteiger partial charge in [0.1, 0.15) is 22.8 Å². The largest absolute Gasteiger partial charge is 0.505 e. The molecule has 0 radical (unpaired) electrons. The maximum Gasteiger partial charge on any atom is 0.295 e. The number of rotatable bonds is 7. The predicted molar refractivity (Wildman–Crippen MR) is 145 cm³/mol. The summed E-state index contributed by atoms with van der Waals surface area (Å²) in [5.41, 5.74) is 3.27. The Kier molecular flexibility index (Phi) is 6.73. The Bertz CT molecular complexity index is 1560. The second-order valence-corrected chi connectivity index (χ2v) is 9.71. The van der Waals surface area contributed by atoms with Crippen molar-refractivity contribution in [2.45, 2.75) is 19.9 Å². The number of para-hydroxylation sites is 1. The molecular weight excluding hydrogens is 480 g/mol. The van der Waals surface area contributed by atoms with E-state index >= 15 is 0 Å². The molecule has 2 aromatic carbocycles. The summed E-state index contributed by atoms with van der Waals surface area (Å²) >= 11 is 0. The van der Waals surface area contributed by atoms with E-state index in [4.69, 9.17) is 4.74 Å². The molecule has 38 heavy (non-hydrogen) atoms. The van der Waals surface area contributed by atoms with E-state index in [0.29, 0.717) is 41.5 Å². The molecule has 1 fully saturated rings. The number of carbonyl (C=O) groups is 2. The van der Waals surface area contributed by atoms with E-state index in [1.165, 1.54) is 4.90 Å². The molecule has 1 unspecified atom stereocenters. The molecule has 8 nitrogen and oxygen atoms in total. The summed E-state index contributed by atoms with van der Waals surface area (Å²) < 4.78 is 7.90. The predicted octanol–water partition coefficient (Wildman–Crippen LogP) is 4.73. The summed E-state index contributed by atoms with van der Waals surface area (Å²) in [7, 11) is 3.81. The molecule has 1 saturated heterocycles. The first kappa shape index (κ1) is 25.2. The number of imidazole rings is 1. The highest BCUT2D eigenvalue weighted by molar-refractivity contribution is 6.46. The van der Waals surface area contributed by atoms with Crippen LogP contribution in [0, 0.1) is 13.8 Å². The van der Waals surface area contributed by atoms with E-state index in [1.807, 2.05) is 104 Å². The number of amides is 1. The average molecular weight is 511 g/mol. The number of nitrogens with zero attached hydrogens (tertiary/aromatic N) is 4. The van der Waals surface area contributed by atoms with Crippen molar-refractivity contribution in [1.82, 2.24) is 19.2 Å². The SMILES string of the molecule is Cc1cccn2c(C)c(C(O)=C3C(=O)C(=O)N(CCN(C)C)C3c3cccc(Oc4ccccc4)c3)nc12. The van der Waals surface area contributed by atoms with E-state index in [9.17, 15) is 14.7 Å². The highest BCUT2D eigenvalue weighted by Crippen LogP contribution is 2.41. The molecule has 4 aromatic rings. The van der Waals surface area contributed by atoms with Crippen LogP contribution in [-0.2, 0) is 9.59 Å². The maximum atomic E-state index is 13.4. The van der Waals surface area contributed by atoms with Crippen molar-refractivity contribution >= 4 is 23.1 Å². The van der Waals surface area contributed by atoms with E-state index in [0.717, 1.165) is 5.56 Å². The van der Waals surface area contributed by atoms with Crippen molar-refractivity contribution in [3.63, 3.8) is 0 Å². The number of hydrogen-bond acceptors (Lipinski definition) is 6. The number of aromatic nitrogens is 2. The van der Waals surface area contributed by atoms with Gasteiger partial charge in [-0.15, -0.1) is 0 Å². The lowest BCUT2D eigenvalue weighted by Gasteiger charge is -2.26. The Balaban J connectivity index is 1.65. The fourth-order valence-corrected chi connectivity index (χ4v) is 4.81. The number of hydrogen-bond donors (Lipinski definition) is 1. The van der Waals surface area contributed by atoms with E-state index in [2.05, 4.69) is 4.98 Å². The summed E-state index contributed by atoms with van der Waals surface area (Å²) in [5.74, 6) is -0.427. The average Bonchev–Trinajstić information content (AvgIpc) is 3.37. The van der Waals surface area contributed by atoms with Gasteiger partial charge >= 0.3 is 0 Å². The zero-order chi connectivity index (χ0) is 27.0. The fourth-order valence-electron chi connectivity index (χ4n) is 4.81. The van der Waals surface area contributed by atoms with E-state index in [-0.39, 0.29) is 17.0 Å². The first-order valence-electron chi connectivity index (χ1n) is 12.5. The second-order valence-electron chi connectivity index (χ2n) is 9.71. The monoisotopic (exact) mass is 510 g/mol. The Labute approximate surface area is 221 Å². The first-order valence-corrected chi connectivity index (χ1v) is 12.5. The number of Topliss-reactive ketones (excluding diaryl/α,β-unsaturated/α-hetero) is 1. The number of ketones is 1. The minimum Gasteiger partial charge on any atom is -0.505 e. The molecule has 194 valence electrons. The Hall–Kier alpha value is -4.43. The van der Waals surface area contributed by atoms with Crippen LogP contribution in [0.5, 0.6) is 11.5 Å². The number of aliphatic hydroxyl groups is 1. The Morgan fingerprint density at radius 1 is 1.00 bits per heavy atom. The number of fused-ring (bicyclic) bond motifs is 1. The standard InChI is InChI=1S/C30H30N4O4/c1-19-10-9-15-33-20(2)25(31-29(19)33)27(35)24-26(34(17-16-32(3)4)30(37)28(24)36)21-11-8-14-23(18-21)38-22-12-6-5-7-13-22/h5-15,18,26,35H,16-17H2,1-4H3. The lowest BCUT2D eigenvalue weighted by Crippen LogP contribution is -2.35. The molecule has 0 bridgehead atoms. The fraction of sp³-hybridized carbons (Fsp3) is 0.233. The van der Waals surface area contributed by atoms with Gasteiger partial charge in [0, 0.05) is 19.3 Å². The number of likely N-dealkylation sites (tertiary alicyclic amines) is 1. The van der Waals surface area contributed by atoms with Gasteiger partial charge in [-0.3, -0.25) is 9.59 Å². The molecule has 0 spiro atoms. The molecule has 0 aliphatic carbocycles. The third-order valence-corrected chi connectivity index (χ3v) is 6.79. The van der Waals surface area contributed by atoms with Crippen molar-refractivity contribution in [3.05, 3.63) is 101 Å². The number of aliphatic hydroxyl groups excluding tert-OH is 1. The maximum absolute atomic E-state index is 13.4. The van der Waals surface area contributed by atoms with Crippen LogP contribution in [0.4, 0.5) is 0 Å². The number of likely N-dealkylation sites (N-methyl/N-ethyl adjacent to an activating group) is 1. The number of carbonyl (C=O) groups excluding carboxylic acids is 2. The van der Waals surface area contributed by atoms with Crippen molar-refractivity contribution in [3.8, 4) is 11.5 Å². The van der Waals surface area contributed by atoms with Crippen molar-refractivity contribution < 1.29 is 19.4 Å². The molecule has 1 atom stereocenters. The van der Waals surface area contributed by atoms with Crippen LogP contribution in [0.15, 0.2) is 78.5 Å². The molecule has 8 heteroatoms. The first-order chi connectivity index (χ1) is 18.3. The Morgan fingerprint density at radius 3 is 2.45 bits per heavy atom. The van der Waals surface area contributed by atoms with Gasteiger partial charge < -0.3 is 24.0 Å². The van der Waals surface area contributed by atoms with Crippen molar-refractivity contribution in [1.29, 1.82) is 0 Å². The van der Waals surface area contributed by atoms with E-state index < -0.39 is 17.7 Å². The zero-order valence-electron chi connectivity index (χ0n) is 21.9. The number of pyridine rings is 1. The smallest absolute Gasteiger partial charge is 0.295 e.